The van der Waals surface area contributed by atoms with E-state index in [1.54, 1.807) is 0 Å². The van der Waals surface area contributed by atoms with Crippen molar-refractivity contribution in [2.75, 3.05) is 0 Å². The number of phenols is 1. The van der Waals surface area contributed by atoms with E-state index in [9.17, 15) is 13.2 Å². The number of hydrogen-bond acceptors (Lipinski definition) is 5. The van der Waals surface area contributed by atoms with Crippen molar-refractivity contribution in [1.29, 1.82) is 0 Å². The number of pyridine rings is 1. The maximum Gasteiger partial charge on any atom is 0.207 e. The number of aldehydes is 1. The Morgan fingerprint density at radius 1 is 1.11 bits per heavy atom. The van der Waals surface area contributed by atoms with Crippen LogP contribution in [0.2, 0.25) is 0 Å². The Bertz CT molecular complexity index is 677. The van der Waals surface area contributed by atoms with E-state index >= 15 is 0 Å². The number of hydrogen-bond donors (Lipinski definition) is 1. The summed E-state index contributed by atoms with van der Waals surface area (Å²) in [6.45, 7) is 0. The van der Waals surface area contributed by atoms with E-state index < -0.39 is 9.84 Å². The Morgan fingerprint density at radius 3 is 2.39 bits per heavy atom. The zero-order valence-electron chi connectivity index (χ0n) is 9.15. The van der Waals surface area contributed by atoms with Gasteiger partial charge >= 0.3 is 0 Å². The van der Waals surface area contributed by atoms with Gasteiger partial charge in [-0.05, 0) is 30.3 Å². The molecule has 1 aromatic heterocycles. The zero-order valence-corrected chi connectivity index (χ0v) is 9.96. The average Bonchev–Trinajstić information content (AvgIpc) is 2.39. The van der Waals surface area contributed by atoms with Crippen molar-refractivity contribution in [3.8, 4) is 5.75 Å². The Balaban J connectivity index is 2.61. The summed E-state index contributed by atoms with van der Waals surface area (Å²) in [6.07, 6.45) is 2.95. The third-order valence-electron chi connectivity index (χ3n) is 2.37. The molecular formula is C12H9NO4S. The summed E-state index contributed by atoms with van der Waals surface area (Å²) < 4.78 is 24.5. The highest BCUT2D eigenvalue weighted by atomic mass is 32.2. The van der Waals surface area contributed by atoms with E-state index in [4.69, 9.17) is 5.11 Å². The summed E-state index contributed by atoms with van der Waals surface area (Å²) in [6, 6.07) is 6.37. The fourth-order valence-corrected chi connectivity index (χ4v) is 2.88. The number of benzene rings is 1. The van der Waals surface area contributed by atoms with Crippen LogP contribution in [0.25, 0.3) is 0 Å². The van der Waals surface area contributed by atoms with Crippen LogP contribution in [0.15, 0.2) is 52.5 Å². The van der Waals surface area contributed by atoms with Crippen LogP contribution < -0.4 is 0 Å². The van der Waals surface area contributed by atoms with E-state index in [2.05, 4.69) is 4.98 Å². The Morgan fingerprint density at radius 2 is 1.78 bits per heavy atom. The van der Waals surface area contributed by atoms with E-state index in [-0.39, 0.29) is 21.1 Å². The van der Waals surface area contributed by atoms with E-state index in [0.29, 0.717) is 6.29 Å². The number of carbonyl (C=O) groups excluding carboxylic acids is 1. The van der Waals surface area contributed by atoms with Crippen LogP contribution in [0, 0.1) is 0 Å². The minimum Gasteiger partial charge on any atom is -0.508 e. The van der Waals surface area contributed by atoms with Gasteiger partial charge in [-0.3, -0.25) is 9.78 Å². The third-order valence-corrected chi connectivity index (χ3v) is 4.22. The van der Waals surface area contributed by atoms with Crippen molar-refractivity contribution < 1.29 is 18.3 Å². The molecule has 0 atom stereocenters. The molecule has 0 spiro atoms. The molecule has 0 radical (unpaired) electrons. The molecule has 0 saturated heterocycles. The van der Waals surface area contributed by atoms with Crippen LogP contribution in [-0.4, -0.2) is 24.8 Å². The first-order chi connectivity index (χ1) is 8.55. The molecule has 1 aromatic carbocycles. The Labute approximate surface area is 104 Å². The zero-order chi connectivity index (χ0) is 13.2. The molecule has 0 aliphatic carbocycles. The van der Waals surface area contributed by atoms with Gasteiger partial charge in [-0.2, -0.15) is 0 Å². The number of rotatable bonds is 3. The van der Waals surface area contributed by atoms with E-state index in [1.165, 1.54) is 42.7 Å². The highest BCUT2D eigenvalue weighted by molar-refractivity contribution is 7.91. The number of aromatic hydroxyl groups is 1. The van der Waals surface area contributed by atoms with Crippen molar-refractivity contribution in [1.82, 2.24) is 4.98 Å². The summed E-state index contributed by atoms with van der Waals surface area (Å²) >= 11 is 0. The molecule has 0 saturated carbocycles. The lowest BCUT2D eigenvalue weighted by Gasteiger charge is -2.06. The number of sulfone groups is 1. The Hall–Kier alpha value is -2.21. The first kappa shape index (κ1) is 12.3. The van der Waals surface area contributed by atoms with Gasteiger partial charge < -0.3 is 5.11 Å². The summed E-state index contributed by atoms with van der Waals surface area (Å²) in [5, 5.41) is 9.13. The molecule has 0 aliphatic heterocycles. The van der Waals surface area contributed by atoms with Crippen LogP contribution >= 0.6 is 0 Å². The molecule has 0 bridgehead atoms. The maximum atomic E-state index is 12.3. The van der Waals surface area contributed by atoms with Gasteiger partial charge in [-0.15, -0.1) is 0 Å². The van der Waals surface area contributed by atoms with Gasteiger partial charge in [0.1, 0.15) is 5.75 Å². The predicted octanol–water partition coefficient (Wildman–Crippen LogP) is 1.43. The fourth-order valence-electron chi connectivity index (χ4n) is 1.48. The molecule has 1 heterocycles. The summed E-state index contributed by atoms with van der Waals surface area (Å²) in [4.78, 5) is 14.4. The van der Waals surface area contributed by atoms with Crippen molar-refractivity contribution in [3.63, 3.8) is 0 Å². The topological polar surface area (TPSA) is 84.3 Å². The molecule has 6 heteroatoms. The van der Waals surface area contributed by atoms with Gasteiger partial charge in [0.25, 0.3) is 0 Å². The van der Waals surface area contributed by atoms with E-state index in [0.717, 1.165) is 0 Å². The largest absolute Gasteiger partial charge is 0.508 e. The van der Waals surface area contributed by atoms with Gasteiger partial charge in [-0.1, -0.05) is 0 Å². The van der Waals surface area contributed by atoms with Crippen LogP contribution in [0.4, 0.5) is 0 Å². The molecule has 0 fully saturated rings. The molecule has 2 rings (SSSR count). The molecule has 1 N–H and O–H groups in total. The van der Waals surface area contributed by atoms with Crippen molar-refractivity contribution in [2.24, 2.45) is 0 Å². The third kappa shape index (κ3) is 2.10. The second-order valence-corrected chi connectivity index (χ2v) is 5.45. The van der Waals surface area contributed by atoms with Crippen molar-refractivity contribution in [2.45, 2.75) is 9.79 Å². The molecule has 0 aliphatic rings. The van der Waals surface area contributed by atoms with Gasteiger partial charge in [0.15, 0.2) is 6.29 Å². The second kappa shape index (κ2) is 4.58. The quantitative estimate of drug-likeness (QED) is 0.847. The lowest BCUT2D eigenvalue weighted by Crippen LogP contribution is -2.05. The highest BCUT2D eigenvalue weighted by Gasteiger charge is 2.20. The van der Waals surface area contributed by atoms with Crippen LogP contribution in [0.1, 0.15) is 10.4 Å². The fraction of sp³-hybridized carbons (Fsp3) is 0. The van der Waals surface area contributed by atoms with Crippen molar-refractivity contribution in [3.05, 3.63) is 48.3 Å². The molecule has 0 amide bonds. The van der Waals surface area contributed by atoms with Gasteiger partial charge in [0, 0.05) is 12.4 Å². The molecule has 0 unspecified atom stereocenters. The second-order valence-electron chi connectivity index (χ2n) is 3.53. The van der Waals surface area contributed by atoms with Crippen molar-refractivity contribution >= 4 is 16.1 Å². The average molecular weight is 263 g/mol. The molecule has 2 aromatic rings. The molecule has 18 heavy (non-hydrogen) atoms. The summed E-state index contributed by atoms with van der Waals surface area (Å²) in [5.74, 6) is -0.0284. The SMILES string of the molecule is O=Cc1cnccc1S(=O)(=O)c1ccc(O)cc1. The summed E-state index contributed by atoms with van der Waals surface area (Å²) in [7, 11) is -3.78. The number of nitrogens with zero attached hydrogens (tertiary/aromatic N) is 1. The highest BCUT2D eigenvalue weighted by Crippen LogP contribution is 2.24. The first-order valence-corrected chi connectivity index (χ1v) is 6.47. The lowest BCUT2D eigenvalue weighted by molar-refractivity contribution is 0.112. The number of phenolic OH excluding ortho intramolecular Hbond substituents is 1. The molecule has 92 valence electrons. The first-order valence-electron chi connectivity index (χ1n) is 4.99. The number of aromatic nitrogens is 1. The van der Waals surface area contributed by atoms with Crippen LogP contribution in [0.5, 0.6) is 5.75 Å². The van der Waals surface area contributed by atoms with Crippen LogP contribution in [-0.2, 0) is 9.84 Å². The Kier molecular flexibility index (Phi) is 3.12. The standard InChI is InChI=1S/C12H9NO4S/c14-8-9-7-13-6-5-12(9)18(16,17)11-3-1-10(15)2-4-11/h1-8,15H. The number of carbonyl (C=O) groups is 1. The monoisotopic (exact) mass is 263 g/mol. The van der Waals surface area contributed by atoms with Gasteiger partial charge in [0.2, 0.25) is 9.84 Å². The van der Waals surface area contributed by atoms with Crippen LogP contribution in [0.3, 0.4) is 0 Å². The van der Waals surface area contributed by atoms with Gasteiger partial charge in [0.05, 0.1) is 15.4 Å². The maximum absolute atomic E-state index is 12.3. The normalized spacial score (nSPS) is 11.1. The smallest absolute Gasteiger partial charge is 0.207 e. The van der Waals surface area contributed by atoms with E-state index in [1.807, 2.05) is 0 Å². The van der Waals surface area contributed by atoms with Gasteiger partial charge in [-0.25, -0.2) is 8.42 Å². The molecular weight excluding hydrogens is 254 g/mol. The summed E-state index contributed by atoms with van der Waals surface area (Å²) in [5.41, 5.74) is 0.00516. The lowest BCUT2D eigenvalue weighted by atomic mass is 10.3. The minimum atomic E-state index is -3.78. The molecule has 5 nitrogen and oxygen atoms in total. The predicted molar refractivity (Wildman–Crippen MR) is 63.2 cm³/mol. The minimum absolute atomic E-state index is 0.00516.